The van der Waals surface area contributed by atoms with Crippen molar-refractivity contribution >= 4 is 17.5 Å². The molecule has 1 aliphatic rings. The Bertz CT molecular complexity index is 665. The van der Waals surface area contributed by atoms with Crippen LogP contribution in [0.15, 0.2) is 36.8 Å². The van der Waals surface area contributed by atoms with Gasteiger partial charge < -0.3 is 4.90 Å². The Hall–Kier alpha value is -2.01. The van der Waals surface area contributed by atoms with Crippen LogP contribution in [-0.4, -0.2) is 27.3 Å². The van der Waals surface area contributed by atoms with Gasteiger partial charge in [-0.05, 0) is 36.6 Å². The van der Waals surface area contributed by atoms with E-state index >= 15 is 0 Å². The lowest BCUT2D eigenvalue weighted by Crippen LogP contribution is -2.31. The average molecular weight is 306 g/mol. The van der Waals surface area contributed by atoms with Gasteiger partial charge in [0.25, 0.3) is 5.91 Å². The molecule has 0 bridgehead atoms. The number of rotatable bonds is 2. The molecule has 1 unspecified atom stereocenters. The van der Waals surface area contributed by atoms with Crippen molar-refractivity contribution in [2.75, 3.05) is 6.54 Å². The maximum absolute atomic E-state index is 13.3. The van der Waals surface area contributed by atoms with Gasteiger partial charge in [0, 0.05) is 18.9 Å². The zero-order valence-electron chi connectivity index (χ0n) is 11.2. The number of hydrogen-bond acceptors (Lipinski definition) is 3. The number of likely N-dealkylation sites (tertiary alicyclic amines) is 1. The van der Waals surface area contributed by atoms with Crippen LogP contribution in [0, 0.1) is 5.82 Å². The number of amides is 1. The summed E-state index contributed by atoms with van der Waals surface area (Å²) < 4.78 is 13.3. The van der Waals surface area contributed by atoms with E-state index in [0.29, 0.717) is 6.54 Å². The summed E-state index contributed by atoms with van der Waals surface area (Å²) in [5, 5.41) is 0.0294. The van der Waals surface area contributed by atoms with E-state index in [0.717, 1.165) is 30.7 Å². The first-order valence-electron chi connectivity index (χ1n) is 6.69. The molecule has 0 aliphatic carbocycles. The van der Waals surface area contributed by atoms with E-state index in [9.17, 15) is 9.18 Å². The Morgan fingerprint density at radius 1 is 1.38 bits per heavy atom. The first-order valence-corrected chi connectivity index (χ1v) is 7.06. The minimum absolute atomic E-state index is 0.0279. The molecule has 1 amide bonds. The third-order valence-corrected chi connectivity index (χ3v) is 3.94. The van der Waals surface area contributed by atoms with Gasteiger partial charge in [-0.2, -0.15) is 0 Å². The fourth-order valence-electron chi connectivity index (χ4n) is 2.67. The van der Waals surface area contributed by atoms with Gasteiger partial charge in [0.2, 0.25) is 0 Å². The second-order valence-electron chi connectivity index (χ2n) is 4.93. The van der Waals surface area contributed by atoms with Crippen molar-refractivity contribution in [3.8, 4) is 0 Å². The summed E-state index contributed by atoms with van der Waals surface area (Å²) >= 11 is 5.93. The quantitative estimate of drug-likeness (QED) is 0.800. The van der Waals surface area contributed by atoms with Gasteiger partial charge in [-0.1, -0.05) is 11.6 Å². The molecule has 2 aromatic rings. The zero-order valence-corrected chi connectivity index (χ0v) is 11.9. The third-order valence-electron chi connectivity index (χ3n) is 3.64. The van der Waals surface area contributed by atoms with Crippen LogP contribution in [0.1, 0.15) is 34.8 Å². The molecule has 3 rings (SSSR count). The van der Waals surface area contributed by atoms with Crippen LogP contribution in [0.5, 0.6) is 0 Å². The van der Waals surface area contributed by atoms with E-state index in [1.54, 1.807) is 17.3 Å². The number of aromatic nitrogens is 2. The van der Waals surface area contributed by atoms with Crippen LogP contribution in [0.2, 0.25) is 5.15 Å². The highest BCUT2D eigenvalue weighted by atomic mass is 35.5. The summed E-state index contributed by atoms with van der Waals surface area (Å²) in [4.78, 5) is 22.0. The highest BCUT2D eigenvalue weighted by Gasteiger charge is 2.31. The summed E-state index contributed by atoms with van der Waals surface area (Å²) in [6, 6.07) is 4.89. The molecule has 1 saturated heterocycles. The van der Waals surface area contributed by atoms with Gasteiger partial charge >= 0.3 is 0 Å². The second-order valence-corrected chi connectivity index (χ2v) is 5.29. The summed E-state index contributed by atoms with van der Waals surface area (Å²) in [7, 11) is 0. The minimum atomic E-state index is -0.567. The first kappa shape index (κ1) is 13.9. The fourth-order valence-corrected chi connectivity index (χ4v) is 2.85. The molecule has 6 heteroatoms. The maximum atomic E-state index is 13.3. The van der Waals surface area contributed by atoms with Crippen molar-refractivity contribution in [3.05, 3.63) is 58.9 Å². The molecular weight excluding hydrogens is 293 g/mol. The van der Waals surface area contributed by atoms with E-state index in [1.165, 1.54) is 0 Å². The number of pyridine rings is 2. The van der Waals surface area contributed by atoms with E-state index in [2.05, 4.69) is 9.97 Å². The molecule has 0 spiro atoms. The van der Waals surface area contributed by atoms with E-state index in [-0.39, 0.29) is 22.7 Å². The number of carbonyl (C=O) groups excluding carboxylic acids is 1. The van der Waals surface area contributed by atoms with E-state index in [1.807, 2.05) is 12.1 Å². The molecule has 4 nitrogen and oxygen atoms in total. The van der Waals surface area contributed by atoms with Crippen LogP contribution in [-0.2, 0) is 0 Å². The Balaban J connectivity index is 1.92. The predicted octanol–water partition coefficient (Wildman–Crippen LogP) is 3.25. The predicted molar refractivity (Wildman–Crippen MR) is 76.5 cm³/mol. The van der Waals surface area contributed by atoms with Crippen LogP contribution in [0.3, 0.4) is 0 Å². The van der Waals surface area contributed by atoms with Gasteiger partial charge in [-0.3, -0.25) is 9.78 Å². The average Bonchev–Trinajstić information content (AvgIpc) is 2.99. The Morgan fingerprint density at radius 3 is 2.90 bits per heavy atom. The topological polar surface area (TPSA) is 46.1 Å². The third kappa shape index (κ3) is 2.74. The van der Waals surface area contributed by atoms with Crippen molar-refractivity contribution < 1.29 is 9.18 Å². The normalized spacial score (nSPS) is 18.0. The summed E-state index contributed by atoms with van der Waals surface area (Å²) in [6.45, 7) is 0.624. The lowest BCUT2D eigenvalue weighted by molar-refractivity contribution is 0.0735. The first-order chi connectivity index (χ1) is 10.2. The van der Waals surface area contributed by atoms with Crippen LogP contribution in [0.25, 0.3) is 0 Å². The molecule has 2 aromatic heterocycles. The summed E-state index contributed by atoms with van der Waals surface area (Å²) in [5.74, 6) is -0.853. The van der Waals surface area contributed by atoms with Crippen molar-refractivity contribution in [1.29, 1.82) is 0 Å². The number of hydrogen-bond donors (Lipinski definition) is 0. The monoisotopic (exact) mass is 305 g/mol. The standard InChI is InChI=1S/C15H13ClFN3O/c16-14-12(8-11(17)9-19-14)15(21)20-7-1-2-13(20)10-3-5-18-6-4-10/h3-6,8-9,13H,1-2,7H2. The molecule has 21 heavy (non-hydrogen) atoms. The molecule has 0 saturated carbocycles. The van der Waals surface area contributed by atoms with Crippen LogP contribution < -0.4 is 0 Å². The van der Waals surface area contributed by atoms with Gasteiger partial charge in [-0.15, -0.1) is 0 Å². The molecule has 0 aromatic carbocycles. The number of halogens is 2. The Kier molecular flexibility index (Phi) is 3.84. The SMILES string of the molecule is O=C(c1cc(F)cnc1Cl)N1CCCC1c1ccncc1. The molecule has 0 radical (unpaired) electrons. The smallest absolute Gasteiger partial charge is 0.257 e. The maximum Gasteiger partial charge on any atom is 0.257 e. The van der Waals surface area contributed by atoms with Gasteiger partial charge in [0.1, 0.15) is 11.0 Å². The highest BCUT2D eigenvalue weighted by molar-refractivity contribution is 6.32. The van der Waals surface area contributed by atoms with Gasteiger partial charge in [0.05, 0.1) is 17.8 Å². The molecular formula is C15H13ClFN3O. The largest absolute Gasteiger partial charge is 0.332 e. The number of nitrogens with zero attached hydrogens (tertiary/aromatic N) is 3. The second kappa shape index (κ2) is 5.77. The summed E-state index contributed by atoms with van der Waals surface area (Å²) in [6.07, 6.45) is 6.18. The summed E-state index contributed by atoms with van der Waals surface area (Å²) in [5.41, 5.74) is 1.13. The van der Waals surface area contributed by atoms with Crippen molar-refractivity contribution in [3.63, 3.8) is 0 Å². The lowest BCUT2D eigenvalue weighted by atomic mass is 10.1. The fraction of sp³-hybridized carbons (Fsp3) is 0.267. The van der Waals surface area contributed by atoms with Gasteiger partial charge in [0.15, 0.2) is 0 Å². The Morgan fingerprint density at radius 2 is 2.14 bits per heavy atom. The van der Waals surface area contributed by atoms with Crippen molar-refractivity contribution in [2.24, 2.45) is 0 Å². The minimum Gasteiger partial charge on any atom is -0.332 e. The lowest BCUT2D eigenvalue weighted by Gasteiger charge is -2.25. The van der Waals surface area contributed by atoms with E-state index < -0.39 is 5.82 Å². The molecule has 0 N–H and O–H groups in total. The Labute approximate surface area is 126 Å². The number of carbonyl (C=O) groups is 1. The van der Waals surface area contributed by atoms with Crippen molar-refractivity contribution in [2.45, 2.75) is 18.9 Å². The molecule has 3 heterocycles. The van der Waals surface area contributed by atoms with Crippen LogP contribution >= 0.6 is 11.6 Å². The van der Waals surface area contributed by atoms with Gasteiger partial charge in [-0.25, -0.2) is 9.37 Å². The molecule has 1 atom stereocenters. The van der Waals surface area contributed by atoms with Crippen LogP contribution in [0.4, 0.5) is 4.39 Å². The highest BCUT2D eigenvalue weighted by Crippen LogP contribution is 2.33. The molecule has 1 aliphatic heterocycles. The zero-order chi connectivity index (χ0) is 14.8. The van der Waals surface area contributed by atoms with Crippen molar-refractivity contribution in [1.82, 2.24) is 14.9 Å². The molecule has 1 fully saturated rings. The molecule has 108 valence electrons. The van der Waals surface area contributed by atoms with E-state index in [4.69, 9.17) is 11.6 Å².